The van der Waals surface area contributed by atoms with Crippen LogP contribution in [0.1, 0.15) is 29.7 Å². The topological polar surface area (TPSA) is 51.2 Å². The lowest BCUT2D eigenvalue weighted by atomic mass is 10.1. The van der Waals surface area contributed by atoms with Crippen LogP contribution >= 0.6 is 11.3 Å². The van der Waals surface area contributed by atoms with Gasteiger partial charge in [-0.3, -0.25) is 14.4 Å². The third kappa shape index (κ3) is 2.54. The summed E-state index contributed by atoms with van der Waals surface area (Å²) >= 11 is 0.958. The van der Waals surface area contributed by atoms with Gasteiger partial charge in [-0.15, -0.1) is 11.3 Å². The number of carbonyl (C=O) groups is 3. The van der Waals surface area contributed by atoms with Crippen LogP contribution in [-0.4, -0.2) is 17.3 Å². The Balaban J connectivity index is 3.40. The van der Waals surface area contributed by atoms with Crippen LogP contribution in [0.25, 0.3) is 0 Å². The van der Waals surface area contributed by atoms with E-state index in [9.17, 15) is 14.4 Å². The van der Waals surface area contributed by atoms with E-state index in [1.165, 1.54) is 6.07 Å². The Bertz CT molecular complexity index is 497. The van der Waals surface area contributed by atoms with Crippen molar-refractivity contribution < 1.29 is 14.4 Å². The lowest BCUT2D eigenvalue weighted by molar-refractivity contribution is 0.101. The summed E-state index contributed by atoms with van der Waals surface area (Å²) in [5.41, 5.74) is 0.181. The fourth-order valence-electron chi connectivity index (χ4n) is 1.18. The Morgan fingerprint density at radius 3 is 1.94 bits per heavy atom. The molecule has 86 valence electrons. The highest BCUT2D eigenvalue weighted by Gasteiger charge is 2.19. The molecule has 0 unspecified atom stereocenters. The first-order valence-electron chi connectivity index (χ1n) is 4.69. The van der Waals surface area contributed by atoms with E-state index in [2.05, 4.69) is 19.7 Å². The van der Waals surface area contributed by atoms with E-state index in [-0.39, 0.29) is 22.0 Å². The molecule has 1 rings (SSSR count). The van der Waals surface area contributed by atoms with Crippen molar-refractivity contribution in [3.63, 3.8) is 0 Å². The normalized spacial score (nSPS) is 9.41. The Morgan fingerprint density at radius 2 is 1.47 bits per heavy atom. The first kappa shape index (κ1) is 13.0. The summed E-state index contributed by atoms with van der Waals surface area (Å²) in [6.45, 7) is 10.1. The van der Waals surface area contributed by atoms with Crippen LogP contribution < -0.4 is 0 Å². The average Bonchev–Trinajstić information content (AvgIpc) is 2.80. The third-order valence-electron chi connectivity index (χ3n) is 2.02. The second kappa shape index (κ2) is 5.32. The van der Waals surface area contributed by atoms with Gasteiger partial charge in [0.2, 0.25) is 0 Å². The largest absolute Gasteiger partial charge is 0.289 e. The SMILES string of the molecule is C=CC(=O)c1cc(C(=O)C=C)c(C(=O)C=C)s1. The van der Waals surface area contributed by atoms with Gasteiger partial charge in [-0.05, 0) is 24.3 Å². The van der Waals surface area contributed by atoms with Crippen molar-refractivity contribution in [3.8, 4) is 0 Å². The lowest BCUT2D eigenvalue weighted by Gasteiger charge is -1.93. The fourth-order valence-corrected chi connectivity index (χ4v) is 2.22. The van der Waals surface area contributed by atoms with E-state index >= 15 is 0 Å². The molecule has 0 spiro atoms. The maximum absolute atomic E-state index is 11.5. The molecule has 4 heteroatoms. The number of hydrogen-bond acceptors (Lipinski definition) is 4. The molecule has 0 N–H and O–H groups in total. The average molecular weight is 246 g/mol. The molecule has 0 aliphatic carbocycles. The molecular formula is C13H10O3S. The molecule has 0 atom stereocenters. The van der Waals surface area contributed by atoms with Crippen LogP contribution in [0.3, 0.4) is 0 Å². The highest BCUT2D eigenvalue weighted by Crippen LogP contribution is 2.25. The second-order valence-corrected chi connectivity index (χ2v) is 4.11. The van der Waals surface area contributed by atoms with Gasteiger partial charge in [0.25, 0.3) is 0 Å². The standard InChI is InChI=1S/C13H10O3S/c1-4-9(14)8-7-12(10(15)5-2)17-13(8)11(16)6-3/h4-7H,1-3H2. The molecule has 17 heavy (non-hydrogen) atoms. The van der Waals surface area contributed by atoms with Crippen molar-refractivity contribution in [1.82, 2.24) is 0 Å². The smallest absolute Gasteiger partial charge is 0.195 e. The summed E-state index contributed by atoms with van der Waals surface area (Å²) in [5.74, 6) is -1.10. The van der Waals surface area contributed by atoms with Crippen LogP contribution in [-0.2, 0) is 0 Å². The number of allylic oxidation sites excluding steroid dienone is 3. The van der Waals surface area contributed by atoms with Gasteiger partial charge >= 0.3 is 0 Å². The van der Waals surface area contributed by atoms with E-state index in [1.54, 1.807) is 0 Å². The summed E-state index contributed by atoms with van der Waals surface area (Å²) < 4.78 is 0. The maximum atomic E-state index is 11.5. The summed E-state index contributed by atoms with van der Waals surface area (Å²) in [7, 11) is 0. The van der Waals surface area contributed by atoms with Gasteiger partial charge in [0.05, 0.1) is 9.75 Å². The number of carbonyl (C=O) groups excluding carboxylic acids is 3. The highest BCUT2D eigenvalue weighted by atomic mass is 32.1. The van der Waals surface area contributed by atoms with Gasteiger partial charge in [0.1, 0.15) is 0 Å². The molecule has 0 bridgehead atoms. The molecule has 3 nitrogen and oxygen atoms in total. The molecule has 0 aromatic carbocycles. The molecule has 1 heterocycles. The minimum absolute atomic E-state index is 0.181. The van der Waals surface area contributed by atoms with Crippen LogP contribution in [0.2, 0.25) is 0 Å². The highest BCUT2D eigenvalue weighted by molar-refractivity contribution is 7.16. The van der Waals surface area contributed by atoms with Crippen LogP contribution in [0.5, 0.6) is 0 Å². The zero-order valence-electron chi connectivity index (χ0n) is 9.06. The number of hydrogen-bond donors (Lipinski definition) is 0. The Hall–Kier alpha value is -2.07. The van der Waals surface area contributed by atoms with Crippen molar-refractivity contribution >= 4 is 28.7 Å². The maximum Gasteiger partial charge on any atom is 0.195 e. The van der Waals surface area contributed by atoms with E-state index in [4.69, 9.17) is 0 Å². The molecule has 0 saturated heterocycles. The molecule has 1 aromatic rings. The van der Waals surface area contributed by atoms with E-state index in [1.807, 2.05) is 0 Å². The van der Waals surface area contributed by atoms with Crippen molar-refractivity contribution in [3.05, 3.63) is 59.3 Å². The summed E-state index contributed by atoms with van der Waals surface area (Å²) in [5, 5.41) is 0. The number of ketones is 3. The molecule has 0 saturated carbocycles. The molecule has 0 fully saturated rings. The minimum Gasteiger partial charge on any atom is -0.289 e. The lowest BCUT2D eigenvalue weighted by Crippen LogP contribution is -2.00. The van der Waals surface area contributed by atoms with Gasteiger partial charge in [0.15, 0.2) is 17.3 Å². The molecule has 1 aromatic heterocycles. The number of rotatable bonds is 6. The molecular weight excluding hydrogens is 236 g/mol. The van der Waals surface area contributed by atoms with Gasteiger partial charge in [-0.1, -0.05) is 19.7 Å². The molecule has 0 aliphatic rings. The Kier molecular flexibility index (Phi) is 4.06. The van der Waals surface area contributed by atoms with Crippen molar-refractivity contribution in [1.29, 1.82) is 0 Å². The predicted molar refractivity (Wildman–Crippen MR) is 67.9 cm³/mol. The zero-order valence-corrected chi connectivity index (χ0v) is 9.88. The van der Waals surface area contributed by atoms with E-state index in [0.717, 1.165) is 29.6 Å². The monoisotopic (exact) mass is 246 g/mol. The quantitative estimate of drug-likeness (QED) is 0.573. The number of thiophene rings is 1. The van der Waals surface area contributed by atoms with Gasteiger partial charge in [0, 0.05) is 5.56 Å². The van der Waals surface area contributed by atoms with Crippen LogP contribution in [0.15, 0.2) is 44.0 Å². The molecule has 0 amide bonds. The zero-order chi connectivity index (χ0) is 13.0. The Labute approximate surface area is 103 Å². The molecule has 0 aliphatic heterocycles. The Morgan fingerprint density at radius 1 is 0.941 bits per heavy atom. The van der Waals surface area contributed by atoms with Gasteiger partial charge < -0.3 is 0 Å². The fraction of sp³-hybridized carbons (Fsp3) is 0. The minimum atomic E-state index is -0.394. The van der Waals surface area contributed by atoms with Crippen molar-refractivity contribution in [2.24, 2.45) is 0 Å². The van der Waals surface area contributed by atoms with Crippen LogP contribution in [0.4, 0.5) is 0 Å². The van der Waals surface area contributed by atoms with Crippen LogP contribution in [0, 0.1) is 0 Å². The van der Waals surface area contributed by atoms with Gasteiger partial charge in [-0.2, -0.15) is 0 Å². The van der Waals surface area contributed by atoms with E-state index < -0.39 is 5.78 Å². The predicted octanol–water partition coefficient (Wildman–Crippen LogP) is 2.85. The van der Waals surface area contributed by atoms with E-state index in [0.29, 0.717) is 4.88 Å². The second-order valence-electron chi connectivity index (χ2n) is 3.06. The summed E-state index contributed by atoms with van der Waals surface area (Å²) in [6, 6.07) is 1.38. The first-order chi connectivity index (χ1) is 8.04. The van der Waals surface area contributed by atoms with Gasteiger partial charge in [-0.25, -0.2) is 0 Å². The van der Waals surface area contributed by atoms with Crippen molar-refractivity contribution in [2.75, 3.05) is 0 Å². The summed E-state index contributed by atoms with van der Waals surface area (Å²) in [4.78, 5) is 35.0. The first-order valence-corrected chi connectivity index (χ1v) is 5.51. The molecule has 0 radical (unpaired) electrons. The summed E-state index contributed by atoms with van der Waals surface area (Å²) in [6.07, 6.45) is 3.34. The third-order valence-corrected chi connectivity index (χ3v) is 3.18. The van der Waals surface area contributed by atoms with Crippen molar-refractivity contribution in [2.45, 2.75) is 0 Å².